The number of hydrogen-bond donors (Lipinski definition) is 4. The fourth-order valence-corrected chi connectivity index (χ4v) is 8.10. The standard InChI is InChI=1S/C36H40N2O17P2.2Na/c1-2-49-35(42)23-10-5-4-9-22(23)30-24-14-13-21(39)19-27(24)53-32-25(30)11-8-12-26(32)50-17-6-3-7-18-51-33-31(41)28(20-52-57(47,48)55-56(44,45)46)54-34(33)38-16-15-29(40)37-36(38)43;;/h4-5,8-16,19,28,30-31,33-34,39,41H,2-3,6-7,17-18,20H2,1H3,(H,47,48)(H,37,40,43)(H2,44,45,46);;/q;2*+1/p-2/t28-,30?,31-,33-,34-;;/m1../s1. The molecule has 4 aromatic rings. The third kappa shape index (κ3) is 12.3. The van der Waals surface area contributed by atoms with E-state index in [1.807, 2.05) is 29.2 Å². The Morgan fingerprint density at radius 1 is 0.949 bits per heavy atom. The van der Waals surface area contributed by atoms with Crippen LogP contribution in [0.15, 0.2) is 82.5 Å². The molecule has 3 heterocycles. The van der Waals surface area contributed by atoms with Gasteiger partial charge in [0.15, 0.2) is 17.7 Å². The van der Waals surface area contributed by atoms with Crippen LogP contribution in [0.4, 0.5) is 0 Å². The molecule has 3 aromatic carbocycles. The van der Waals surface area contributed by atoms with Gasteiger partial charge in [0.2, 0.25) is 0 Å². The molecule has 59 heavy (non-hydrogen) atoms. The average Bonchev–Trinajstić information content (AvgIpc) is 3.45. The van der Waals surface area contributed by atoms with Crippen LogP contribution < -0.4 is 89.6 Å². The van der Waals surface area contributed by atoms with Gasteiger partial charge in [-0.1, -0.05) is 36.4 Å². The van der Waals surface area contributed by atoms with Crippen LogP contribution in [-0.2, 0) is 32.2 Å². The van der Waals surface area contributed by atoms with Crippen LogP contribution in [0.25, 0.3) is 0 Å². The summed E-state index contributed by atoms with van der Waals surface area (Å²) >= 11 is 0. The minimum absolute atomic E-state index is 0. The number of benzene rings is 3. The molecule has 0 spiro atoms. The Kier molecular flexibility index (Phi) is 17.8. The fourth-order valence-electron chi connectivity index (χ4n) is 6.57. The number of H-pyrrole nitrogens is 1. The second kappa shape index (κ2) is 21.4. The minimum atomic E-state index is -5.73. The van der Waals surface area contributed by atoms with Crippen LogP contribution in [0.5, 0.6) is 23.0 Å². The summed E-state index contributed by atoms with van der Waals surface area (Å²) in [4.78, 5) is 70.6. The quantitative estimate of drug-likeness (QED) is 0.0306. The van der Waals surface area contributed by atoms with Gasteiger partial charge in [0.1, 0.15) is 29.8 Å². The zero-order valence-corrected chi connectivity index (χ0v) is 38.0. The van der Waals surface area contributed by atoms with E-state index in [4.69, 9.17) is 28.6 Å². The number of phenols is 1. The third-order valence-electron chi connectivity index (χ3n) is 9.00. The summed E-state index contributed by atoms with van der Waals surface area (Å²) in [5.41, 5.74) is 0.912. The molecule has 1 aromatic heterocycles. The summed E-state index contributed by atoms with van der Waals surface area (Å²) < 4.78 is 61.0. The van der Waals surface area contributed by atoms with E-state index in [9.17, 15) is 43.5 Å². The van der Waals surface area contributed by atoms with E-state index in [-0.39, 0.29) is 84.7 Å². The van der Waals surface area contributed by atoms with Crippen LogP contribution >= 0.6 is 15.6 Å². The number of aromatic amines is 1. The maximum atomic E-state index is 13.0. The molecule has 0 bridgehead atoms. The second-order valence-electron chi connectivity index (χ2n) is 12.9. The van der Waals surface area contributed by atoms with Crippen LogP contribution in [0.1, 0.15) is 65.4 Å². The minimum Gasteiger partial charge on any atom is -0.756 e. The van der Waals surface area contributed by atoms with Crippen molar-refractivity contribution in [3.8, 4) is 23.0 Å². The molecule has 1 fully saturated rings. The molecule has 19 nitrogen and oxygen atoms in total. The molecular weight excluding hydrogens is 840 g/mol. The Morgan fingerprint density at radius 3 is 2.41 bits per heavy atom. The van der Waals surface area contributed by atoms with E-state index in [0.29, 0.717) is 47.6 Å². The zero-order chi connectivity index (χ0) is 40.9. The Labute approximate surface area is 381 Å². The van der Waals surface area contributed by atoms with Gasteiger partial charge in [-0.2, -0.15) is 0 Å². The number of aromatic hydroxyl groups is 1. The van der Waals surface area contributed by atoms with Crippen LogP contribution in [-0.4, -0.2) is 75.4 Å². The van der Waals surface area contributed by atoms with Crippen LogP contribution in [0, 0.1) is 0 Å². The van der Waals surface area contributed by atoms with Crippen molar-refractivity contribution in [1.29, 1.82) is 0 Å². The molecule has 7 atom stereocenters. The number of hydrogen-bond acceptors (Lipinski definition) is 16. The van der Waals surface area contributed by atoms with Gasteiger partial charge < -0.3 is 53.1 Å². The van der Waals surface area contributed by atoms with Gasteiger partial charge in [-0.3, -0.25) is 23.5 Å². The molecule has 1 saturated heterocycles. The van der Waals surface area contributed by atoms with Crippen molar-refractivity contribution in [1.82, 2.24) is 9.55 Å². The molecule has 3 unspecified atom stereocenters. The molecule has 0 amide bonds. The first-order valence-corrected chi connectivity index (χ1v) is 20.6. The number of phenolic OH excluding ortho intramolecular Hbond substituents is 1. The van der Waals surface area contributed by atoms with Gasteiger partial charge in [0, 0.05) is 42.0 Å². The Morgan fingerprint density at radius 2 is 1.68 bits per heavy atom. The number of fused-ring (bicyclic) bond motifs is 2. The summed E-state index contributed by atoms with van der Waals surface area (Å²) in [6, 6.07) is 18.4. The number of aromatic nitrogens is 2. The predicted molar refractivity (Wildman–Crippen MR) is 193 cm³/mol. The van der Waals surface area contributed by atoms with E-state index in [1.54, 1.807) is 37.3 Å². The number of phosphoric acid groups is 2. The number of rotatable bonds is 17. The van der Waals surface area contributed by atoms with E-state index < -0.39 is 69.9 Å². The predicted octanol–water partition coefficient (Wildman–Crippen LogP) is -3.43. The SMILES string of the molecule is CCOC(=O)c1ccccc1C1c2ccc(O)cc2Oc2c(OCCCCCO[C@@H]3[C@H](O)[C@@H](COP(=O)([O-])OP(=O)([O-])O)O[C@H]3n3ccc(=O)[nH]c3=O)cccc21.[Na+].[Na+]. The first-order valence-electron chi connectivity index (χ1n) is 17.7. The van der Waals surface area contributed by atoms with Gasteiger partial charge >= 0.3 is 70.8 Å². The molecule has 23 heteroatoms. The summed E-state index contributed by atoms with van der Waals surface area (Å²) in [7, 11) is -11.3. The smallest absolute Gasteiger partial charge is 0.756 e. The van der Waals surface area contributed by atoms with Crippen molar-refractivity contribution in [2.45, 2.75) is 56.6 Å². The molecule has 0 saturated carbocycles. The molecule has 2 aliphatic heterocycles. The van der Waals surface area contributed by atoms with Gasteiger partial charge in [-0.05, 0) is 49.9 Å². The van der Waals surface area contributed by atoms with Crippen molar-refractivity contribution in [2.75, 3.05) is 26.4 Å². The van der Waals surface area contributed by atoms with Crippen molar-refractivity contribution in [3.05, 3.63) is 116 Å². The van der Waals surface area contributed by atoms with Crippen LogP contribution in [0.2, 0.25) is 0 Å². The first kappa shape index (κ1) is 49.0. The number of para-hydroxylation sites is 1. The third-order valence-corrected chi connectivity index (χ3v) is 11.1. The van der Waals surface area contributed by atoms with E-state index in [0.717, 1.165) is 28.0 Å². The number of esters is 1. The maximum absolute atomic E-state index is 13.0. The average molecular weight is 879 g/mol. The van der Waals surface area contributed by atoms with Gasteiger partial charge in [-0.15, -0.1) is 0 Å². The molecule has 6 rings (SSSR count). The van der Waals surface area contributed by atoms with Crippen molar-refractivity contribution in [3.63, 3.8) is 0 Å². The molecule has 4 N–H and O–H groups in total. The van der Waals surface area contributed by atoms with E-state index >= 15 is 0 Å². The fraction of sp³-hybridized carbons (Fsp3) is 0.361. The number of unbranched alkanes of at least 4 members (excludes halogenated alkanes) is 2. The topological polar surface area (TPSA) is 277 Å². The monoisotopic (exact) mass is 878 g/mol. The van der Waals surface area contributed by atoms with Gasteiger partial charge in [0.05, 0.1) is 25.4 Å². The van der Waals surface area contributed by atoms with Gasteiger partial charge in [-0.25, -0.2) is 13.9 Å². The Balaban J connectivity index is 0.00000384. The summed E-state index contributed by atoms with van der Waals surface area (Å²) in [6.07, 6.45) is -3.18. The number of nitrogens with zero attached hydrogens (tertiary/aromatic N) is 1. The van der Waals surface area contributed by atoms with Gasteiger partial charge in [0.25, 0.3) is 21.2 Å². The summed E-state index contributed by atoms with van der Waals surface area (Å²) in [5.74, 6) is 0.294. The zero-order valence-electron chi connectivity index (χ0n) is 32.2. The Bertz CT molecular complexity index is 2300. The number of phosphoric ester groups is 1. The molecule has 306 valence electrons. The number of aliphatic hydroxyl groups excluding tert-OH is 1. The van der Waals surface area contributed by atoms with Crippen LogP contribution in [0.3, 0.4) is 0 Å². The number of carbonyl (C=O) groups is 1. The second-order valence-corrected chi connectivity index (χ2v) is 15.6. The van der Waals surface area contributed by atoms with Crippen molar-refractivity contribution in [2.24, 2.45) is 0 Å². The van der Waals surface area contributed by atoms with Crippen molar-refractivity contribution < 1.29 is 130 Å². The number of ether oxygens (including phenoxy) is 5. The van der Waals surface area contributed by atoms with E-state index in [2.05, 4.69) is 8.83 Å². The largest absolute Gasteiger partial charge is 1.00 e. The van der Waals surface area contributed by atoms with E-state index in [1.165, 1.54) is 6.07 Å². The normalized spacial score (nSPS) is 21.3. The summed E-state index contributed by atoms with van der Waals surface area (Å²) in [6.45, 7) is 1.21. The van der Waals surface area contributed by atoms with Crippen molar-refractivity contribution >= 4 is 21.6 Å². The maximum Gasteiger partial charge on any atom is 1.00 e. The Hall–Kier alpha value is -2.65. The number of carbonyl (C=O) groups excluding carboxylic acids is 1. The molecule has 0 radical (unpaired) electrons. The number of nitrogens with one attached hydrogen (secondary N) is 1. The molecule has 2 aliphatic rings. The summed E-state index contributed by atoms with van der Waals surface area (Å²) in [5, 5.41) is 21.3. The molecule has 0 aliphatic carbocycles. The number of aliphatic hydroxyl groups is 1. The molecular formula is C36H38N2Na2O17P2. The first-order chi connectivity index (χ1) is 27.2.